The van der Waals surface area contributed by atoms with Crippen molar-refractivity contribution in [3.63, 3.8) is 0 Å². The molecule has 0 bridgehead atoms. The fourth-order valence-corrected chi connectivity index (χ4v) is 2.70. The Balaban J connectivity index is 3.09. The minimum atomic E-state index is 0.710. The molecule has 0 rings (SSSR count). The Morgan fingerprint density at radius 1 is 1.40 bits per heavy atom. The third-order valence-electron chi connectivity index (χ3n) is 1.50. The molecule has 0 saturated carbocycles. The first-order valence-electron chi connectivity index (χ1n) is 3.75. The summed E-state index contributed by atoms with van der Waals surface area (Å²) in [6.45, 7) is 4.89. The van der Waals surface area contributed by atoms with Crippen molar-refractivity contribution in [2.45, 2.75) is 6.92 Å². The molecule has 0 aromatic heterocycles. The zero-order chi connectivity index (χ0) is 7.82. The van der Waals surface area contributed by atoms with Crippen LogP contribution in [0.4, 0.5) is 0 Å². The van der Waals surface area contributed by atoms with E-state index in [1.165, 1.54) is 6.92 Å². The molecule has 5 N–H and O–H groups in total. The van der Waals surface area contributed by atoms with E-state index in [2.05, 4.69) is 5.32 Å². The first-order valence-corrected chi connectivity index (χ1v) is 8.27. The number of nitrogens with one attached hydrogen (secondary N) is 1. The van der Waals surface area contributed by atoms with E-state index in [1.54, 1.807) is 0 Å². The van der Waals surface area contributed by atoms with Crippen molar-refractivity contribution >= 4 is 0 Å². The van der Waals surface area contributed by atoms with Gasteiger partial charge in [0.2, 0.25) is 0 Å². The molecule has 4 heteroatoms. The molecule has 57 valence electrons. The molecule has 1 atom stereocenters. The molecule has 0 amide bonds. The van der Waals surface area contributed by atoms with E-state index in [-0.39, 0.29) is 0 Å². The van der Waals surface area contributed by atoms with Crippen molar-refractivity contribution in [3.8, 4) is 0 Å². The molecule has 1 unspecified atom stereocenters. The molecule has 0 radical (unpaired) electrons. The summed E-state index contributed by atoms with van der Waals surface area (Å²) in [5.74, 6) is 0.710. The molecule has 0 spiro atoms. The Kier molecular flexibility index (Phi) is 5.33. The second kappa shape index (κ2) is 6.01. The van der Waals surface area contributed by atoms with Crippen LogP contribution < -0.4 is 16.8 Å². The summed E-state index contributed by atoms with van der Waals surface area (Å²) >= 11 is 0. The zero-order valence-electron chi connectivity index (χ0n) is 6.47. The molecular weight excluding hydrogens is 381 g/mol. The Bertz CT molecular complexity index is 66.0. The molecule has 0 heterocycles. The van der Waals surface area contributed by atoms with Gasteiger partial charge in [0.1, 0.15) is 0 Å². The molecule has 3 nitrogen and oxygen atoms in total. The summed E-state index contributed by atoms with van der Waals surface area (Å²) in [6, 6.07) is 0. The van der Waals surface area contributed by atoms with Gasteiger partial charge in [-0.2, -0.15) is 0 Å². The molecule has 10 heavy (non-hydrogen) atoms. The van der Waals surface area contributed by atoms with E-state index in [9.17, 15) is 0 Å². The van der Waals surface area contributed by atoms with Gasteiger partial charge in [0.15, 0.2) is 0 Å². The van der Waals surface area contributed by atoms with Gasteiger partial charge in [0.05, 0.1) is 0 Å². The van der Waals surface area contributed by atoms with E-state index >= 15 is 0 Å². The molecule has 0 aromatic carbocycles. The molecule has 0 aliphatic rings. The topological polar surface area (TPSA) is 64.1 Å². The predicted octanol–water partition coefficient (Wildman–Crippen LogP) is -0.923. The quantitative estimate of drug-likeness (QED) is 0.508. The van der Waals surface area contributed by atoms with E-state index in [0.29, 0.717) is 5.92 Å². The van der Waals surface area contributed by atoms with Gasteiger partial charge < -0.3 is 0 Å². The van der Waals surface area contributed by atoms with Crippen LogP contribution in [0.2, 0.25) is 6.92 Å². The van der Waals surface area contributed by atoms with Crippen LogP contribution in [0.15, 0.2) is 0 Å². The number of nitrogens with two attached hydrogens (primary N) is 2. The van der Waals surface area contributed by atoms with Crippen LogP contribution in [0.5, 0.6) is 0 Å². The van der Waals surface area contributed by atoms with Crippen molar-refractivity contribution in [1.29, 1.82) is 0 Å². The molecule has 0 aliphatic carbocycles. The summed E-state index contributed by atoms with van der Waals surface area (Å²) in [7, 11) is 0. The maximum absolute atomic E-state index is 5.53. The normalized spacial score (nSPS) is 13.6. The molecular formula is C6H16N3Rf. The monoisotopic (exact) mass is 397 g/mol. The fourth-order valence-electron chi connectivity index (χ4n) is 0.711. The van der Waals surface area contributed by atoms with Crippen LogP contribution in [-0.2, 0) is 0 Å². The molecule has 0 aromatic rings. The fraction of sp³-hybridized carbons (Fsp3) is 1.00. The number of rotatable bonds is 6. The minimum absolute atomic E-state index is 0.710. The zero-order valence-corrected chi connectivity index (χ0v) is 12.9. The van der Waals surface area contributed by atoms with Crippen LogP contribution in [0.25, 0.3) is 0 Å². The Labute approximate surface area is 56.8 Å². The summed E-state index contributed by atoms with van der Waals surface area (Å²) < 4.78 is 0.791. The van der Waals surface area contributed by atoms with Crippen molar-refractivity contribution in [1.82, 2.24) is 5.32 Å². The standard InChI is InChI=1S/C6H16N3.Rf/c1-6(4-8)5-9-3-2-7;/h6,9H,1-5,7-8H2;. The molecule has 0 aliphatic heterocycles. The predicted molar refractivity (Wildman–Crippen MR) is 39.3 cm³/mol. The SMILES string of the molecule is NCCNCC(CN)[CH2][Rf]. The first-order chi connectivity index (χ1) is 4.85. The third kappa shape index (κ3) is 3.83. The van der Waals surface area contributed by atoms with E-state index in [4.69, 9.17) is 11.5 Å². The van der Waals surface area contributed by atoms with Crippen molar-refractivity contribution in [2.24, 2.45) is 17.4 Å². The average Bonchev–Trinajstić information content (AvgIpc) is 1.99. The van der Waals surface area contributed by atoms with Gasteiger partial charge in [0, 0.05) is 0 Å². The van der Waals surface area contributed by atoms with Crippen LogP contribution in [0, 0.1) is 5.92 Å². The molecule has 0 saturated heterocycles. The van der Waals surface area contributed by atoms with E-state index in [1.807, 2.05) is 0 Å². The van der Waals surface area contributed by atoms with E-state index in [0.717, 1.165) is 26.2 Å². The van der Waals surface area contributed by atoms with Crippen molar-refractivity contribution < 1.29 is 0 Å². The van der Waals surface area contributed by atoms with Crippen LogP contribution in [0.3, 0.4) is 0 Å². The Hall–Kier alpha value is -1.12. The summed E-state index contributed by atoms with van der Waals surface area (Å²) in [5, 5.41) is 3.27. The summed E-state index contributed by atoms with van der Waals surface area (Å²) in [6.07, 6.45) is 0. The number of hydrogen-bond donors (Lipinski definition) is 3. The van der Waals surface area contributed by atoms with Gasteiger partial charge in [-0.3, -0.25) is 0 Å². The van der Waals surface area contributed by atoms with Gasteiger partial charge >= 0.3 is 55.8 Å². The van der Waals surface area contributed by atoms with Crippen molar-refractivity contribution in [3.05, 3.63) is 0 Å². The average molecular weight is 397 g/mol. The third-order valence-corrected chi connectivity index (χ3v) is 5.19. The maximum atomic E-state index is 5.53. The van der Waals surface area contributed by atoms with E-state index < -0.39 is 0 Å². The molecule has 0 fully saturated rings. The Morgan fingerprint density at radius 2 is 2.10 bits per heavy atom. The van der Waals surface area contributed by atoms with Crippen LogP contribution in [-0.4, -0.2) is 26.2 Å². The second-order valence-corrected chi connectivity index (χ2v) is 5.00. The Morgan fingerprint density at radius 3 is 2.50 bits per heavy atom. The van der Waals surface area contributed by atoms with Gasteiger partial charge in [-0.05, 0) is 0 Å². The first kappa shape index (κ1) is 8.88. The van der Waals surface area contributed by atoms with Gasteiger partial charge in [-0.25, -0.2) is 0 Å². The summed E-state index contributed by atoms with van der Waals surface area (Å²) in [5.41, 5.74) is 10.8. The van der Waals surface area contributed by atoms with Crippen LogP contribution in [0.1, 0.15) is 0 Å². The van der Waals surface area contributed by atoms with Gasteiger partial charge in [-0.15, -0.1) is 0 Å². The van der Waals surface area contributed by atoms with Gasteiger partial charge in [0.25, 0.3) is 0 Å². The summed E-state index contributed by atoms with van der Waals surface area (Å²) in [4.78, 5) is 0. The number of hydrogen-bond acceptors (Lipinski definition) is 3. The van der Waals surface area contributed by atoms with Crippen LogP contribution >= 0.6 is 0 Å². The van der Waals surface area contributed by atoms with Crippen molar-refractivity contribution in [2.75, 3.05) is 26.2 Å². The second-order valence-electron chi connectivity index (χ2n) is 2.38. The van der Waals surface area contributed by atoms with Gasteiger partial charge in [-0.1, -0.05) is 0 Å².